The number of nitrogens with one attached hydrogen (secondary N) is 1. The summed E-state index contributed by atoms with van der Waals surface area (Å²) < 4.78 is 1.64. The van der Waals surface area contributed by atoms with Gasteiger partial charge in [-0.05, 0) is 31.8 Å². The summed E-state index contributed by atoms with van der Waals surface area (Å²) >= 11 is 0. The third-order valence-corrected chi connectivity index (χ3v) is 6.35. The van der Waals surface area contributed by atoms with Crippen molar-refractivity contribution in [2.75, 3.05) is 27.2 Å². The van der Waals surface area contributed by atoms with Gasteiger partial charge < -0.3 is 20.2 Å². The van der Waals surface area contributed by atoms with E-state index in [-0.39, 0.29) is 24.8 Å². The van der Waals surface area contributed by atoms with Gasteiger partial charge in [-0.15, -0.1) is 5.10 Å². The molecule has 30 heavy (non-hydrogen) atoms. The number of β-amino-alcohol motifs (C(OH)–C–C–N with tert-alkyl or cyclic N) is 1. The molecule has 1 aromatic rings. The van der Waals surface area contributed by atoms with Crippen LogP contribution in [-0.2, 0) is 16.0 Å². The molecule has 0 bridgehead atoms. The zero-order valence-corrected chi connectivity index (χ0v) is 18.8. The summed E-state index contributed by atoms with van der Waals surface area (Å²) in [5, 5.41) is 21.4. The minimum Gasteiger partial charge on any atom is -0.391 e. The number of likely N-dealkylation sites (tertiary alicyclic amines) is 2. The quantitative estimate of drug-likeness (QED) is 0.723. The molecule has 168 valence electrons. The fraction of sp³-hybridized carbons (Fsp3) is 0.810. The number of aromatic nitrogens is 3. The highest BCUT2D eigenvalue weighted by Crippen LogP contribution is 2.34. The van der Waals surface area contributed by atoms with Crippen LogP contribution < -0.4 is 5.32 Å². The molecule has 0 spiro atoms. The van der Waals surface area contributed by atoms with E-state index in [1.54, 1.807) is 11.7 Å². The Kier molecular flexibility index (Phi) is 6.81. The molecule has 3 rings (SSSR count). The lowest BCUT2D eigenvalue weighted by molar-refractivity contribution is -0.144. The number of hydrogen-bond acceptors (Lipinski definition) is 6. The maximum Gasteiger partial charge on any atom is 0.248 e. The smallest absolute Gasteiger partial charge is 0.248 e. The first-order valence-electron chi connectivity index (χ1n) is 10.9. The molecule has 2 aliphatic rings. The first-order chi connectivity index (χ1) is 14.1. The molecule has 3 heterocycles. The van der Waals surface area contributed by atoms with Crippen molar-refractivity contribution >= 4 is 11.8 Å². The first-order valence-corrected chi connectivity index (χ1v) is 10.9. The Bertz CT molecular complexity index is 758. The van der Waals surface area contributed by atoms with Gasteiger partial charge in [0.2, 0.25) is 11.8 Å². The van der Waals surface area contributed by atoms with Crippen LogP contribution >= 0.6 is 0 Å². The second kappa shape index (κ2) is 9.01. The van der Waals surface area contributed by atoms with Crippen LogP contribution in [0.3, 0.4) is 0 Å². The number of likely N-dealkylation sites (N-methyl/N-ethyl adjacent to an activating group) is 2. The fourth-order valence-corrected chi connectivity index (χ4v) is 4.69. The molecule has 2 amide bonds. The van der Waals surface area contributed by atoms with Crippen LogP contribution in [-0.4, -0.2) is 87.1 Å². The van der Waals surface area contributed by atoms with Crippen molar-refractivity contribution in [3.05, 3.63) is 11.9 Å². The van der Waals surface area contributed by atoms with Crippen LogP contribution in [0.25, 0.3) is 0 Å². The average Bonchev–Trinajstić information content (AvgIpc) is 3.28. The lowest BCUT2D eigenvalue weighted by Gasteiger charge is -2.34. The molecule has 0 aliphatic carbocycles. The molecule has 2 N–H and O–H groups in total. The van der Waals surface area contributed by atoms with Crippen LogP contribution in [0.15, 0.2) is 6.20 Å². The van der Waals surface area contributed by atoms with Crippen molar-refractivity contribution in [3.63, 3.8) is 0 Å². The van der Waals surface area contributed by atoms with Gasteiger partial charge in [0.05, 0.1) is 11.8 Å². The average molecular weight is 421 g/mol. The third kappa shape index (κ3) is 4.83. The summed E-state index contributed by atoms with van der Waals surface area (Å²) in [6.45, 7) is 7.19. The van der Waals surface area contributed by atoms with Crippen molar-refractivity contribution in [1.82, 2.24) is 30.1 Å². The summed E-state index contributed by atoms with van der Waals surface area (Å²) in [4.78, 5) is 29.7. The third-order valence-electron chi connectivity index (χ3n) is 6.35. The predicted molar refractivity (Wildman–Crippen MR) is 113 cm³/mol. The van der Waals surface area contributed by atoms with E-state index in [9.17, 15) is 14.7 Å². The number of rotatable bonds is 5. The molecule has 9 heteroatoms. The number of nitrogens with zero attached hydrogens (tertiary/aromatic N) is 5. The molecular weight excluding hydrogens is 384 g/mol. The van der Waals surface area contributed by atoms with Gasteiger partial charge in [0.1, 0.15) is 12.1 Å². The first kappa shape index (κ1) is 22.7. The predicted octanol–water partition coefficient (Wildman–Crippen LogP) is 0.600. The van der Waals surface area contributed by atoms with E-state index in [4.69, 9.17) is 0 Å². The number of carbonyl (C=O) groups excluding carboxylic acids is 2. The second-order valence-electron chi connectivity index (χ2n) is 9.80. The van der Waals surface area contributed by atoms with Gasteiger partial charge >= 0.3 is 0 Å². The van der Waals surface area contributed by atoms with Gasteiger partial charge in [0, 0.05) is 38.7 Å². The summed E-state index contributed by atoms with van der Waals surface area (Å²) in [5.74, 6) is -0.467. The molecule has 2 saturated heterocycles. The SMILES string of the molecule is CNC(=O)C1CC(O)CN1C(=O)C(n1cc(CC2CCCCN2C)nn1)C(C)(C)C. The van der Waals surface area contributed by atoms with Gasteiger partial charge in [-0.2, -0.15) is 0 Å². The van der Waals surface area contributed by atoms with Crippen molar-refractivity contribution in [1.29, 1.82) is 0 Å². The monoisotopic (exact) mass is 420 g/mol. The number of aliphatic hydroxyl groups excluding tert-OH is 1. The van der Waals surface area contributed by atoms with Crippen LogP contribution in [0.5, 0.6) is 0 Å². The highest BCUT2D eigenvalue weighted by molar-refractivity contribution is 5.90. The Balaban J connectivity index is 1.82. The van der Waals surface area contributed by atoms with E-state index in [1.807, 2.05) is 27.0 Å². The standard InChI is InChI=1S/C21H36N6O3/c1-21(2,3)18(20(30)26-13-16(28)11-17(26)19(29)22-4)27-12-14(23-24-27)10-15-8-6-7-9-25(15)5/h12,15-18,28H,6-11,13H2,1-5H3,(H,22,29). The molecule has 2 fully saturated rings. The zero-order valence-electron chi connectivity index (χ0n) is 18.8. The van der Waals surface area contributed by atoms with Crippen molar-refractivity contribution < 1.29 is 14.7 Å². The van der Waals surface area contributed by atoms with Crippen LogP contribution in [0.4, 0.5) is 0 Å². The van der Waals surface area contributed by atoms with E-state index in [0.29, 0.717) is 6.04 Å². The lowest BCUT2D eigenvalue weighted by Crippen LogP contribution is -2.49. The normalized spacial score (nSPS) is 26.6. The van der Waals surface area contributed by atoms with Gasteiger partial charge in [-0.3, -0.25) is 9.59 Å². The van der Waals surface area contributed by atoms with E-state index in [0.717, 1.165) is 25.1 Å². The summed E-state index contributed by atoms with van der Waals surface area (Å²) in [6, 6.07) is -0.833. The van der Waals surface area contributed by atoms with Crippen LogP contribution in [0.1, 0.15) is 58.2 Å². The largest absolute Gasteiger partial charge is 0.391 e. The molecule has 4 atom stereocenters. The maximum absolute atomic E-state index is 13.6. The molecule has 9 nitrogen and oxygen atoms in total. The molecular formula is C21H36N6O3. The molecule has 1 aromatic heterocycles. The maximum atomic E-state index is 13.6. The fourth-order valence-electron chi connectivity index (χ4n) is 4.69. The lowest BCUT2D eigenvalue weighted by atomic mass is 9.85. The van der Waals surface area contributed by atoms with Crippen LogP contribution in [0.2, 0.25) is 0 Å². The summed E-state index contributed by atoms with van der Waals surface area (Å²) in [7, 11) is 3.69. The number of amides is 2. The highest BCUT2D eigenvalue weighted by Gasteiger charge is 2.45. The van der Waals surface area contributed by atoms with E-state index < -0.39 is 23.6 Å². The summed E-state index contributed by atoms with van der Waals surface area (Å²) in [6.07, 6.45) is 5.83. The number of hydrogen-bond donors (Lipinski definition) is 2. The van der Waals surface area contributed by atoms with Gasteiger partial charge in [0.25, 0.3) is 0 Å². The van der Waals surface area contributed by atoms with Gasteiger partial charge in [-0.1, -0.05) is 32.4 Å². The Morgan fingerprint density at radius 2 is 2.07 bits per heavy atom. The van der Waals surface area contributed by atoms with Gasteiger partial charge in [-0.25, -0.2) is 4.68 Å². The zero-order chi connectivity index (χ0) is 22.1. The number of piperidine rings is 1. The minimum atomic E-state index is -0.704. The topological polar surface area (TPSA) is 104 Å². The van der Waals surface area contributed by atoms with Crippen LogP contribution in [0, 0.1) is 5.41 Å². The molecule has 2 aliphatic heterocycles. The molecule has 0 radical (unpaired) electrons. The number of carbonyl (C=O) groups is 2. The van der Waals surface area contributed by atoms with Crippen molar-refractivity contribution in [2.24, 2.45) is 5.41 Å². The number of aliphatic hydroxyl groups is 1. The molecule has 0 aromatic carbocycles. The molecule has 4 unspecified atom stereocenters. The molecule has 0 saturated carbocycles. The Labute approximate surface area is 178 Å². The summed E-state index contributed by atoms with van der Waals surface area (Å²) in [5.41, 5.74) is 0.435. The Morgan fingerprint density at radius 1 is 1.33 bits per heavy atom. The van der Waals surface area contributed by atoms with E-state index >= 15 is 0 Å². The highest BCUT2D eigenvalue weighted by atomic mass is 16.3. The van der Waals surface area contributed by atoms with Crippen molar-refractivity contribution in [2.45, 2.75) is 77.1 Å². The Hall–Kier alpha value is -2.00. The minimum absolute atomic E-state index is 0.151. The van der Waals surface area contributed by atoms with E-state index in [2.05, 4.69) is 27.6 Å². The van der Waals surface area contributed by atoms with Gasteiger partial charge in [0.15, 0.2) is 0 Å². The van der Waals surface area contributed by atoms with Crippen molar-refractivity contribution in [3.8, 4) is 0 Å². The second-order valence-corrected chi connectivity index (χ2v) is 9.80. The van der Waals surface area contributed by atoms with E-state index in [1.165, 1.54) is 17.7 Å². The Morgan fingerprint density at radius 3 is 2.70 bits per heavy atom.